The molecule has 0 saturated carbocycles. The lowest BCUT2D eigenvalue weighted by molar-refractivity contribution is 0.219. The van der Waals surface area contributed by atoms with E-state index in [4.69, 9.17) is 5.26 Å². The minimum atomic E-state index is -0.158. The van der Waals surface area contributed by atoms with Crippen LogP contribution in [0.3, 0.4) is 0 Å². The number of aromatic nitrogens is 1. The van der Waals surface area contributed by atoms with Crippen molar-refractivity contribution in [3.63, 3.8) is 0 Å². The Morgan fingerprint density at radius 2 is 1.94 bits per heavy atom. The van der Waals surface area contributed by atoms with Gasteiger partial charge in [0.1, 0.15) is 11.6 Å². The second kappa shape index (κ2) is 5.83. The molecular formula is C14H19N3O. The van der Waals surface area contributed by atoms with Crippen molar-refractivity contribution in [3.05, 3.63) is 33.7 Å². The number of aryl methyl sites for hydroxylation is 1. The highest BCUT2D eigenvalue weighted by Crippen LogP contribution is 2.08. The Hall–Kier alpha value is -1.60. The van der Waals surface area contributed by atoms with Crippen LogP contribution in [0.2, 0.25) is 0 Å². The second-order valence-electron chi connectivity index (χ2n) is 4.86. The Kier molecular flexibility index (Phi) is 4.16. The normalized spacial score (nSPS) is 16.4. The van der Waals surface area contributed by atoms with Crippen LogP contribution < -0.4 is 5.56 Å². The molecule has 1 saturated heterocycles. The molecule has 96 valence electrons. The number of likely N-dealkylation sites (tertiary alicyclic amines) is 1. The zero-order chi connectivity index (χ0) is 13.0. The van der Waals surface area contributed by atoms with Gasteiger partial charge in [0.2, 0.25) is 0 Å². The van der Waals surface area contributed by atoms with Gasteiger partial charge in [-0.05, 0) is 45.0 Å². The molecule has 1 aromatic heterocycles. The van der Waals surface area contributed by atoms with Crippen LogP contribution in [-0.2, 0) is 6.54 Å². The molecule has 0 bridgehead atoms. The van der Waals surface area contributed by atoms with Gasteiger partial charge in [-0.25, -0.2) is 0 Å². The fourth-order valence-electron chi connectivity index (χ4n) is 2.46. The minimum absolute atomic E-state index is 0.158. The van der Waals surface area contributed by atoms with Crippen molar-refractivity contribution in [3.8, 4) is 6.07 Å². The number of piperidine rings is 1. The van der Waals surface area contributed by atoms with Gasteiger partial charge >= 0.3 is 0 Å². The summed E-state index contributed by atoms with van der Waals surface area (Å²) in [5.74, 6) is 0. The molecule has 4 heteroatoms. The standard InChI is InChI=1S/C14H19N3O/c1-12-5-6-13(11-15)14(18)17(12)10-9-16-7-3-2-4-8-16/h5-6H,2-4,7-10H2,1H3. The number of hydrogen-bond acceptors (Lipinski definition) is 3. The molecule has 0 atom stereocenters. The Balaban J connectivity index is 2.09. The lowest BCUT2D eigenvalue weighted by atomic mass is 10.1. The van der Waals surface area contributed by atoms with Gasteiger partial charge in [-0.3, -0.25) is 4.79 Å². The molecule has 0 unspecified atom stereocenters. The van der Waals surface area contributed by atoms with E-state index in [0.717, 1.165) is 25.3 Å². The van der Waals surface area contributed by atoms with E-state index in [1.165, 1.54) is 19.3 Å². The van der Waals surface area contributed by atoms with Crippen molar-refractivity contribution in [1.82, 2.24) is 9.47 Å². The third kappa shape index (κ3) is 2.80. The maximum atomic E-state index is 12.0. The van der Waals surface area contributed by atoms with Gasteiger partial charge in [0.15, 0.2) is 0 Å². The van der Waals surface area contributed by atoms with Crippen molar-refractivity contribution >= 4 is 0 Å². The van der Waals surface area contributed by atoms with Gasteiger partial charge in [0.05, 0.1) is 0 Å². The number of rotatable bonds is 3. The van der Waals surface area contributed by atoms with Crippen molar-refractivity contribution in [2.45, 2.75) is 32.7 Å². The first-order valence-electron chi connectivity index (χ1n) is 6.55. The fraction of sp³-hybridized carbons (Fsp3) is 0.571. The third-order valence-corrected chi connectivity index (χ3v) is 3.60. The number of hydrogen-bond donors (Lipinski definition) is 0. The first kappa shape index (κ1) is 12.8. The quantitative estimate of drug-likeness (QED) is 0.811. The van der Waals surface area contributed by atoms with E-state index in [0.29, 0.717) is 6.54 Å². The van der Waals surface area contributed by atoms with Gasteiger partial charge in [0.25, 0.3) is 5.56 Å². The molecule has 1 aliphatic heterocycles. The van der Waals surface area contributed by atoms with Crippen LogP contribution >= 0.6 is 0 Å². The minimum Gasteiger partial charge on any atom is -0.311 e. The summed E-state index contributed by atoms with van der Waals surface area (Å²) in [5.41, 5.74) is 1.00. The maximum Gasteiger partial charge on any atom is 0.268 e. The fourth-order valence-corrected chi connectivity index (χ4v) is 2.46. The van der Waals surface area contributed by atoms with Gasteiger partial charge in [-0.2, -0.15) is 5.26 Å². The smallest absolute Gasteiger partial charge is 0.268 e. The van der Waals surface area contributed by atoms with Gasteiger partial charge in [-0.1, -0.05) is 6.42 Å². The predicted molar refractivity (Wildman–Crippen MR) is 70.4 cm³/mol. The van der Waals surface area contributed by atoms with E-state index < -0.39 is 0 Å². The summed E-state index contributed by atoms with van der Waals surface area (Å²) < 4.78 is 1.72. The summed E-state index contributed by atoms with van der Waals surface area (Å²) in [4.78, 5) is 14.4. The molecule has 2 heterocycles. The molecule has 1 aromatic rings. The molecule has 0 N–H and O–H groups in total. The van der Waals surface area contributed by atoms with Crippen molar-refractivity contribution < 1.29 is 0 Å². The summed E-state index contributed by atoms with van der Waals surface area (Å²) in [6.07, 6.45) is 3.83. The largest absolute Gasteiger partial charge is 0.311 e. The molecule has 0 radical (unpaired) electrons. The van der Waals surface area contributed by atoms with E-state index >= 15 is 0 Å². The maximum absolute atomic E-state index is 12.0. The summed E-state index contributed by atoms with van der Waals surface area (Å²) in [5, 5.41) is 8.88. The first-order valence-corrected chi connectivity index (χ1v) is 6.55. The molecular weight excluding hydrogens is 226 g/mol. The summed E-state index contributed by atoms with van der Waals surface area (Å²) in [6.45, 7) is 5.76. The summed E-state index contributed by atoms with van der Waals surface area (Å²) in [6, 6.07) is 5.40. The zero-order valence-corrected chi connectivity index (χ0v) is 10.9. The molecule has 2 rings (SSSR count). The molecule has 1 fully saturated rings. The van der Waals surface area contributed by atoms with Crippen molar-refractivity contribution in [2.24, 2.45) is 0 Å². The summed E-state index contributed by atoms with van der Waals surface area (Å²) in [7, 11) is 0. The lowest BCUT2D eigenvalue weighted by Crippen LogP contribution is -2.35. The molecule has 0 aliphatic carbocycles. The Bertz CT molecular complexity index is 507. The second-order valence-corrected chi connectivity index (χ2v) is 4.86. The molecule has 1 aliphatic rings. The Morgan fingerprint density at radius 3 is 2.61 bits per heavy atom. The van der Waals surface area contributed by atoms with Crippen molar-refractivity contribution in [1.29, 1.82) is 5.26 Å². The first-order chi connectivity index (χ1) is 8.72. The third-order valence-electron chi connectivity index (χ3n) is 3.60. The number of pyridine rings is 1. The average Bonchev–Trinajstić information content (AvgIpc) is 2.40. The van der Waals surface area contributed by atoms with Crippen LogP contribution in [0.25, 0.3) is 0 Å². The van der Waals surface area contributed by atoms with E-state index in [1.54, 1.807) is 10.6 Å². The highest BCUT2D eigenvalue weighted by Gasteiger charge is 2.11. The van der Waals surface area contributed by atoms with Crippen LogP contribution in [-0.4, -0.2) is 29.1 Å². The van der Waals surface area contributed by atoms with Crippen LogP contribution in [0, 0.1) is 18.3 Å². The van der Waals surface area contributed by atoms with Gasteiger partial charge < -0.3 is 9.47 Å². The number of nitriles is 1. The molecule has 4 nitrogen and oxygen atoms in total. The van der Waals surface area contributed by atoms with E-state index in [2.05, 4.69) is 4.90 Å². The topological polar surface area (TPSA) is 49.0 Å². The van der Waals surface area contributed by atoms with Crippen LogP contribution in [0.15, 0.2) is 16.9 Å². The van der Waals surface area contributed by atoms with E-state index in [9.17, 15) is 4.79 Å². The zero-order valence-electron chi connectivity index (χ0n) is 10.9. The molecule has 0 amide bonds. The molecule has 0 aromatic carbocycles. The molecule has 18 heavy (non-hydrogen) atoms. The van der Waals surface area contributed by atoms with E-state index in [-0.39, 0.29) is 11.1 Å². The van der Waals surface area contributed by atoms with Crippen LogP contribution in [0.4, 0.5) is 0 Å². The average molecular weight is 245 g/mol. The van der Waals surface area contributed by atoms with E-state index in [1.807, 2.05) is 19.1 Å². The van der Waals surface area contributed by atoms with Gasteiger partial charge in [0, 0.05) is 18.8 Å². The van der Waals surface area contributed by atoms with Crippen LogP contribution in [0.5, 0.6) is 0 Å². The highest BCUT2D eigenvalue weighted by atomic mass is 16.1. The lowest BCUT2D eigenvalue weighted by Gasteiger charge is -2.26. The van der Waals surface area contributed by atoms with Gasteiger partial charge in [-0.15, -0.1) is 0 Å². The van der Waals surface area contributed by atoms with Crippen LogP contribution in [0.1, 0.15) is 30.5 Å². The highest BCUT2D eigenvalue weighted by molar-refractivity contribution is 5.27. The summed E-state index contributed by atoms with van der Waals surface area (Å²) >= 11 is 0. The monoisotopic (exact) mass is 245 g/mol. The number of nitrogens with zero attached hydrogens (tertiary/aromatic N) is 3. The predicted octanol–water partition coefficient (Wildman–Crippen LogP) is 1.51. The van der Waals surface area contributed by atoms with Crippen molar-refractivity contribution in [2.75, 3.05) is 19.6 Å². The Labute approximate surface area is 107 Å². The SMILES string of the molecule is Cc1ccc(C#N)c(=O)n1CCN1CCCCC1. The Morgan fingerprint density at radius 1 is 1.22 bits per heavy atom. The molecule has 0 spiro atoms.